The third-order valence-corrected chi connectivity index (χ3v) is 3.25. The number of rotatable bonds is 3. The quantitative estimate of drug-likeness (QED) is 0.687. The van der Waals surface area contributed by atoms with Crippen LogP contribution in [0.25, 0.3) is 0 Å². The predicted molar refractivity (Wildman–Crippen MR) is 63.9 cm³/mol. The number of phenolic OH excluding ortho intramolecular Hbond substituents is 1. The Bertz CT molecular complexity index is 492. The average molecular weight is 252 g/mol. The number of hydrogen-bond acceptors (Lipinski definition) is 5. The van der Waals surface area contributed by atoms with Crippen molar-refractivity contribution < 1.29 is 24.9 Å². The molecule has 2 rings (SSSR count). The molecule has 0 aromatic heterocycles. The molecule has 0 saturated carbocycles. The van der Waals surface area contributed by atoms with Gasteiger partial charge >= 0.3 is 0 Å². The molecule has 2 atom stereocenters. The molecule has 0 fully saturated rings. The molecule has 1 aromatic rings. The van der Waals surface area contributed by atoms with Gasteiger partial charge in [-0.05, 0) is 25.5 Å². The lowest BCUT2D eigenvalue weighted by molar-refractivity contribution is -0.0729. The Labute approximate surface area is 105 Å². The summed E-state index contributed by atoms with van der Waals surface area (Å²) in [5, 5.41) is 28.7. The van der Waals surface area contributed by atoms with E-state index in [0.717, 1.165) is 5.56 Å². The number of fused-ring (bicyclic) bond motifs is 1. The number of ketones is 1. The summed E-state index contributed by atoms with van der Waals surface area (Å²) in [5.74, 6) is 0.0782. The SMILES string of the molecule is CC(=O)c1cc2c(cc1O)O[C@H]([C@](C)(O)CO)C2. The summed E-state index contributed by atoms with van der Waals surface area (Å²) < 4.78 is 5.50. The fraction of sp³-hybridized carbons (Fsp3) is 0.462. The van der Waals surface area contributed by atoms with Crippen molar-refractivity contribution in [3.8, 4) is 11.5 Å². The van der Waals surface area contributed by atoms with Crippen LogP contribution in [0.4, 0.5) is 0 Å². The van der Waals surface area contributed by atoms with E-state index in [-0.39, 0.29) is 17.1 Å². The van der Waals surface area contributed by atoms with Crippen molar-refractivity contribution >= 4 is 5.78 Å². The summed E-state index contributed by atoms with van der Waals surface area (Å²) in [5.41, 5.74) is -0.372. The number of aliphatic hydroxyl groups is 2. The van der Waals surface area contributed by atoms with Crippen LogP contribution >= 0.6 is 0 Å². The summed E-state index contributed by atoms with van der Waals surface area (Å²) >= 11 is 0. The fourth-order valence-corrected chi connectivity index (χ4v) is 2.01. The van der Waals surface area contributed by atoms with E-state index < -0.39 is 18.3 Å². The number of carbonyl (C=O) groups excluding carboxylic acids is 1. The van der Waals surface area contributed by atoms with Crippen molar-refractivity contribution in [3.05, 3.63) is 23.3 Å². The van der Waals surface area contributed by atoms with E-state index in [1.807, 2.05) is 0 Å². The van der Waals surface area contributed by atoms with Crippen molar-refractivity contribution in [2.45, 2.75) is 32.0 Å². The van der Waals surface area contributed by atoms with Crippen LogP contribution in [-0.2, 0) is 6.42 Å². The maximum Gasteiger partial charge on any atom is 0.163 e. The maximum atomic E-state index is 11.3. The number of phenols is 1. The molecule has 0 spiro atoms. The number of Topliss-reactive ketones (excluding diaryl/α,β-unsaturated/α-hetero) is 1. The number of aromatic hydroxyl groups is 1. The lowest BCUT2D eigenvalue weighted by Gasteiger charge is -2.26. The molecule has 1 aromatic carbocycles. The molecule has 1 aliphatic heterocycles. The van der Waals surface area contributed by atoms with Gasteiger partial charge in [-0.15, -0.1) is 0 Å². The Balaban J connectivity index is 2.33. The molecule has 0 amide bonds. The molecule has 5 nitrogen and oxygen atoms in total. The van der Waals surface area contributed by atoms with Crippen LogP contribution < -0.4 is 4.74 Å². The normalized spacial score (nSPS) is 21.0. The van der Waals surface area contributed by atoms with Gasteiger partial charge in [0.05, 0.1) is 12.2 Å². The molecule has 0 bridgehead atoms. The molecular formula is C13H16O5. The first-order chi connectivity index (χ1) is 8.35. The minimum atomic E-state index is -1.36. The smallest absolute Gasteiger partial charge is 0.163 e. The molecule has 1 heterocycles. The Kier molecular flexibility index (Phi) is 3.04. The molecule has 0 unspecified atom stereocenters. The standard InChI is InChI=1S/C13H16O5/c1-7(15)9-3-8-4-12(13(2,17)6-14)18-11(8)5-10(9)16/h3,5,12,14,16-17H,4,6H2,1-2H3/t12-,13+/m0/s1. The Hall–Kier alpha value is -1.59. The summed E-state index contributed by atoms with van der Waals surface area (Å²) in [6.45, 7) is 2.44. The lowest BCUT2D eigenvalue weighted by Crippen LogP contribution is -2.45. The number of hydrogen-bond donors (Lipinski definition) is 3. The summed E-state index contributed by atoms with van der Waals surface area (Å²) in [7, 11) is 0. The van der Waals surface area contributed by atoms with Gasteiger partial charge in [0.2, 0.25) is 0 Å². The maximum absolute atomic E-state index is 11.3. The topological polar surface area (TPSA) is 87.0 Å². The largest absolute Gasteiger partial charge is 0.507 e. The monoisotopic (exact) mass is 252 g/mol. The van der Waals surface area contributed by atoms with E-state index >= 15 is 0 Å². The second-order valence-electron chi connectivity index (χ2n) is 4.86. The molecule has 18 heavy (non-hydrogen) atoms. The molecule has 0 aliphatic carbocycles. The predicted octanol–water partition coefficient (Wildman–Crippen LogP) is 0.642. The van der Waals surface area contributed by atoms with Gasteiger partial charge in [-0.25, -0.2) is 0 Å². The van der Waals surface area contributed by atoms with Gasteiger partial charge in [0, 0.05) is 12.5 Å². The second-order valence-corrected chi connectivity index (χ2v) is 4.86. The number of carbonyl (C=O) groups is 1. The van der Waals surface area contributed by atoms with E-state index in [1.54, 1.807) is 6.07 Å². The first-order valence-corrected chi connectivity index (χ1v) is 5.72. The van der Waals surface area contributed by atoms with Crippen molar-refractivity contribution in [3.63, 3.8) is 0 Å². The van der Waals surface area contributed by atoms with E-state index in [1.165, 1.54) is 19.9 Å². The van der Waals surface area contributed by atoms with E-state index in [9.17, 15) is 15.0 Å². The van der Waals surface area contributed by atoms with Crippen molar-refractivity contribution in [1.29, 1.82) is 0 Å². The van der Waals surface area contributed by atoms with Crippen LogP contribution in [0.1, 0.15) is 29.8 Å². The van der Waals surface area contributed by atoms with Crippen LogP contribution in [0.15, 0.2) is 12.1 Å². The van der Waals surface area contributed by atoms with E-state index in [4.69, 9.17) is 9.84 Å². The third kappa shape index (κ3) is 2.07. The van der Waals surface area contributed by atoms with Gasteiger partial charge in [0.25, 0.3) is 0 Å². The highest BCUT2D eigenvalue weighted by Crippen LogP contribution is 2.37. The molecule has 0 radical (unpaired) electrons. The molecule has 3 N–H and O–H groups in total. The Morgan fingerprint density at radius 3 is 2.78 bits per heavy atom. The summed E-state index contributed by atoms with van der Waals surface area (Å²) in [6.07, 6.45) is -0.192. The number of benzene rings is 1. The van der Waals surface area contributed by atoms with E-state index in [0.29, 0.717) is 12.2 Å². The fourth-order valence-electron chi connectivity index (χ4n) is 2.01. The first kappa shape index (κ1) is 12.9. The summed E-state index contributed by atoms with van der Waals surface area (Å²) in [4.78, 5) is 11.3. The Morgan fingerprint density at radius 1 is 1.56 bits per heavy atom. The summed E-state index contributed by atoms with van der Waals surface area (Å²) in [6, 6.07) is 2.94. The van der Waals surface area contributed by atoms with Gasteiger partial charge in [0.15, 0.2) is 5.78 Å². The van der Waals surface area contributed by atoms with Crippen LogP contribution in [0.2, 0.25) is 0 Å². The van der Waals surface area contributed by atoms with E-state index in [2.05, 4.69) is 0 Å². The van der Waals surface area contributed by atoms with Crippen LogP contribution in [-0.4, -0.2) is 39.4 Å². The zero-order chi connectivity index (χ0) is 13.5. The minimum absolute atomic E-state index is 0.134. The third-order valence-electron chi connectivity index (χ3n) is 3.25. The first-order valence-electron chi connectivity index (χ1n) is 5.72. The molecule has 98 valence electrons. The highest BCUT2D eigenvalue weighted by molar-refractivity contribution is 5.97. The molecular weight excluding hydrogens is 236 g/mol. The van der Waals surface area contributed by atoms with Gasteiger partial charge < -0.3 is 20.1 Å². The van der Waals surface area contributed by atoms with Crippen molar-refractivity contribution in [1.82, 2.24) is 0 Å². The highest BCUT2D eigenvalue weighted by atomic mass is 16.5. The Morgan fingerprint density at radius 2 is 2.22 bits per heavy atom. The highest BCUT2D eigenvalue weighted by Gasteiger charge is 2.38. The van der Waals surface area contributed by atoms with Crippen molar-refractivity contribution in [2.24, 2.45) is 0 Å². The van der Waals surface area contributed by atoms with Gasteiger partial charge in [-0.2, -0.15) is 0 Å². The van der Waals surface area contributed by atoms with Crippen LogP contribution in [0, 0.1) is 0 Å². The lowest BCUT2D eigenvalue weighted by atomic mass is 9.95. The minimum Gasteiger partial charge on any atom is -0.507 e. The van der Waals surface area contributed by atoms with Crippen LogP contribution in [0.5, 0.6) is 11.5 Å². The second kappa shape index (κ2) is 4.26. The van der Waals surface area contributed by atoms with Gasteiger partial charge in [-0.1, -0.05) is 0 Å². The molecule has 5 heteroatoms. The van der Waals surface area contributed by atoms with Gasteiger partial charge in [-0.3, -0.25) is 4.79 Å². The molecule has 1 aliphatic rings. The van der Waals surface area contributed by atoms with Gasteiger partial charge in [0.1, 0.15) is 23.2 Å². The number of aliphatic hydroxyl groups excluding tert-OH is 1. The number of ether oxygens (including phenoxy) is 1. The zero-order valence-corrected chi connectivity index (χ0v) is 10.3. The molecule has 0 saturated heterocycles. The average Bonchev–Trinajstić information content (AvgIpc) is 2.71. The van der Waals surface area contributed by atoms with Crippen LogP contribution in [0.3, 0.4) is 0 Å². The van der Waals surface area contributed by atoms with Crippen molar-refractivity contribution in [2.75, 3.05) is 6.61 Å². The zero-order valence-electron chi connectivity index (χ0n) is 10.3.